The number of nitrogens with one attached hydrogen (secondary N) is 1. The van der Waals surface area contributed by atoms with Gasteiger partial charge in [0.15, 0.2) is 0 Å². The van der Waals surface area contributed by atoms with Gasteiger partial charge >= 0.3 is 0 Å². The van der Waals surface area contributed by atoms with Gasteiger partial charge in [-0.2, -0.15) is 0 Å². The second-order valence-electron chi connectivity index (χ2n) is 4.75. The van der Waals surface area contributed by atoms with Crippen LogP contribution in [-0.4, -0.2) is 27.9 Å². The number of amides is 2. The number of imide groups is 1. The fourth-order valence-corrected chi connectivity index (χ4v) is 3.96. The van der Waals surface area contributed by atoms with Crippen molar-refractivity contribution in [2.45, 2.75) is 29.2 Å². The first-order chi connectivity index (χ1) is 9.09. The first kappa shape index (κ1) is 13.0. The SMILES string of the molecule is O=C1CCC(N2C(O)c3ccccc3C2I)C(=O)N1. The zero-order valence-electron chi connectivity index (χ0n) is 10.0. The number of fused-ring (bicyclic) bond motifs is 1. The van der Waals surface area contributed by atoms with Gasteiger partial charge in [-0.25, -0.2) is 4.90 Å². The number of aliphatic hydroxyl groups excluding tert-OH is 1. The van der Waals surface area contributed by atoms with Gasteiger partial charge in [-0.05, 0) is 12.0 Å². The van der Waals surface area contributed by atoms with Crippen molar-refractivity contribution in [3.05, 3.63) is 35.4 Å². The van der Waals surface area contributed by atoms with E-state index in [1.807, 2.05) is 24.3 Å². The maximum absolute atomic E-state index is 11.9. The lowest BCUT2D eigenvalue weighted by Gasteiger charge is -2.34. The molecular formula is C13H13IN2O3. The minimum absolute atomic E-state index is 0.0623. The summed E-state index contributed by atoms with van der Waals surface area (Å²) >= 11 is 2.22. The van der Waals surface area contributed by atoms with E-state index in [1.165, 1.54) is 0 Å². The molecule has 6 heteroatoms. The van der Waals surface area contributed by atoms with Crippen LogP contribution in [0.15, 0.2) is 24.3 Å². The number of nitrogens with zero attached hydrogens (tertiary/aromatic N) is 1. The van der Waals surface area contributed by atoms with Crippen molar-refractivity contribution in [3.8, 4) is 0 Å². The second-order valence-corrected chi connectivity index (χ2v) is 5.93. The standard InChI is InChI=1S/C13H13IN2O3/c14-11-7-3-1-2-4-8(7)13(19)16(11)9-5-6-10(17)15-12(9)18/h1-4,9,11,13,19H,5-6H2,(H,15,17,18). The highest BCUT2D eigenvalue weighted by atomic mass is 127. The average molecular weight is 372 g/mol. The van der Waals surface area contributed by atoms with Gasteiger partial charge in [-0.3, -0.25) is 14.9 Å². The Bertz CT molecular complexity index is 519. The number of piperidine rings is 1. The third-order valence-electron chi connectivity index (χ3n) is 3.64. The van der Waals surface area contributed by atoms with E-state index in [0.29, 0.717) is 12.8 Å². The molecule has 0 aliphatic carbocycles. The topological polar surface area (TPSA) is 69.6 Å². The van der Waals surface area contributed by atoms with Gasteiger partial charge in [0.2, 0.25) is 11.8 Å². The molecule has 3 unspecified atom stereocenters. The number of carbonyl (C=O) groups is 2. The number of aliphatic hydroxyl groups is 1. The van der Waals surface area contributed by atoms with Crippen molar-refractivity contribution in [2.75, 3.05) is 0 Å². The van der Waals surface area contributed by atoms with E-state index in [-0.39, 0.29) is 15.9 Å². The summed E-state index contributed by atoms with van der Waals surface area (Å²) in [5.41, 5.74) is 1.87. The second kappa shape index (κ2) is 4.84. The molecule has 2 aliphatic rings. The zero-order chi connectivity index (χ0) is 13.6. The molecule has 100 valence electrons. The predicted molar refractivity (Wildman–Crippen MR) is 76.2 cm³/mol. The quantitative estimate of drug-likeness (QED) is 0.337. The fourth-order valence-electron chi connectivity index (χ4n) is 2.70. The highest BCUT2D eigenvalue weighted by molar-refractivity contribution is 14.1. The number of rotatable bonds is 1. The van der Waals surface area contributed by atoms with Crippen LogP contribution in [0.2, 0.25) is 0 Å². The number of halogens is 1. The van der Waals surface area contributed by atoms with Gasteiger partial charge in [0.1, 0.15) is 6.23 Å². The van der Waals surface area contributed by atoms with Gasteiger partial charge in [0.25, 0.3) is 0 Å². The van der Waals surface area contributed by atoms with Crippen LogP contribution in [0, 0.1) is 0 Å². The molecule has 3 atom stereocenters. The Morgan fingerprint density at radius 3 is 2.58 bits per heavy atom. The van der Waals surface area contributed by atoms with E-state index >= 15 is 0 Å². The molecule has 0 radical (unpaired) electrons. The van der Waals surface area contributed by atoms with E-state index in [1.54, 1.807) is 4.90 Å². The molecule has 1 aromatic carbocycles. The van der Waals surface area contributed by atoms with Crippen molar-refractivity contribution >= 4 is 34.4 Å². The Balaban J connectivity index is 1.91. The maximum Gasteiger partial charge on any atom is 0.244 e. The summed E-state index contributed by atoms with van der Waals surface area (Å²) in [6, 6.07) is 7.17. The lowest BCUT2D eigenvalue weighted by molar-refractivity contribution is -0.141. The van der Waals surface area contributed by atoms with Crippen molar-refractivity contribution < 1.29 is 14.7 Å². The Hall–Kier alpha value is -0.990. The Morgan fingerprint density at radius 2 is 1.95 bits per heavy atom. The third kappa shape index (κ3) is 2.07. The fraction of sp³-hybridized carbons (Fsp3) is 0.385. The first-order valence-electron chi connectivity index (χ1n) is 6.11. The number of carbonyl (C=O) groups excluding carboxylic acids is 2. The first-order valence-corrected chi connectivity index (χ1v) is 7.36. The Labute approximate surface area is 124 Å². The van der Waals surface area contributed by atoms with Crippen molar-refractivity contribution in [1.29, 1.82) is 0 Å². The molecule has 0 bridgehead atoms. The van der Waals surface area contributed by atoms with Crippen molar-refractivity contribution in [3.63, 3.8) is 0 Å². The van der Waals surface area contributed by atoms with E-state index in [9.17, 15) is 14.7 Å². The van der Waals surface area contributed by atoms with E-state index in [4.69, 9.17) is 0 Å². The normalized spacial score (nSPS) is 31.2. The summed E-state index contributed by atoms with van der Waals surface area (Å²) in [5.74, 6) is -0.553. The molecule has 2 N–H and O–H groups in total. The monoisotopic (exact) mass is 372 g/mol. The minimum atomic E-state index is -0.790. The summed E-state index contributed by atoms with van der Waals surface area (Å²) in [7, 11) is 0. The summed E-state index contributed by atoms with van der Waals surface area (Å²) in [5, 5.41) is 12.7. The third-order valence-corrected chi connectivity index (χ3v) is 4.96. The highest BCUT2D eigenvalue weighted by Crippen LogP contribution is 2.46. The number of hydrogen-bond acceptors (Lipinski definition) is 4. The van der Waals surface area contributed by atoms with Crippen LogP contribution >= 0.6 is 22.6 Å². The number of benzene rings is 1. The molecule has 2 aliphatic heterocycles. The molecule has 2 amide bonds. The van der Waals surface area contributed by atoms with Crippen LogP contribution < -0.4 is 5.32 Å². The molecule has 1 fully saturated rings. The molecule has 0 saturated carbocycles. The van der Waals surface area contributed by atoms with Crippen LogP contribution in [0.1, 0.15) is 34.2 Å². The van der Waals surface area contributed by atoms with Crippen LogP contribution in [0.4, 0.5) is 0 Å². The smallest absolute Gasteiger partial charge is 0.244 e. The van der Waals surface area contributed by atoms with Crippen molar-refractivity contribution in [2.24, 2.45) is 0 Å². The van der Waals surface area contributed by atoms with E-state index in [0.717, 1.165) is 11.1 Å². The zero-order valence-corrected chi connectivity index (χ0v) is 12.2. The Morgan fingerprint density at radius 1 is 1.26 bits per heavy atom. The molecule has 19 heavy (non-hydrogen) atoms. The molecule has 2 heterocycles. The maximum atomic E-state index is 11.9. The minimum Gasteiger partial charge on any atom is -0.374 e. The van der Waals surface area contributed by atoms with E-state index in [2.05, 4.69) is 27.9 Å². The van der Waals surface area contributed by atoms with Gasteiger partial charge in [-0.15, -0.1) is 0 Å². The molecule has 1 saturated heterocycles. The number of alkyl halides is 1. The molecular weight excluding hydrogens is 359 g/mol. The summed E-state index contributed by atoms with van der Waals surface area (Å²) in [6.45, 7) is 0. The molecule has 5 nitrogen and oxygen atoms in total. The van der Waals surface area contributed by atoms with Gasteiger partial charge in [-0.1, -0.05) is 46.9 Å². The predicted octanol–water partition coefficient (Wildman–Crippen LogP) is 1.23. The van der Waals surface area contributed by atoms with E-state index < -0.39 is 12.3 Å². The molecule has 1 aromatic rings. The molecule has 0 spiro atoms. The summed E-state index contributed by atoms with van der Waals surface area (Å²) in [4.78, 5) is 24.9. The summed E-state index contributed by atoms with van der Waals surface area (Å²) < 4.78 is -0.0623. The summed E-state index contributed by atoms with van der Waals surface area (Å²) in [6.07, 6.45) is -0.0174. The Kier molecular flexibility index (Phi) is 3.32. The van der Waals surface area contributed by atoms with Gasteiger partial charge < -0.3 is 5.11 Å². The lowest BCUT2D eigenvalue weighted by Crippen LogP contribution is -2.52. The van der Waals surface area contributed by atoms with Gasteiger partial charge in [0.05, 0.1) is 10.1 Å². The highest BCUT2D eigenvalue weighted by Gasteiger charge is 2.44. The van der Waals surface area contributed by atoms with Crippen LogP contribution in [-0.2, 0) is 9.59 Å². The molecule has 0 aromatic heterocycles. The van der Waals surface area contributed by atoms with Crippen LogP contribution in [0.3, 0.4) is 0 Å². The average Bonchev–Trinajstić information content (AvgIpc) is 2.64. The van der Waals surface area contributed by atoms with Gasteiger partial charge in [0, 0.05) is 12.0 Å². The van der Waals surface area contributed by atoms with Crippen LogP contribution in [0.25, 0.3) is 0 Å². The van der Waals surface area contributed by atoms with Crippen LogP contribution in [0.5, 0.6) is 0 Å². The van der Waals surface area contributed by atoms with Crippen molar-refractivity contribution in [1.82, 2.24) is 10.2 Å². The lowest BCUT2D eigenvalue weighted by atomic mass is 10.0. The molecule has 3 rings (SSSR count). The number of hydrogen-bond donors (Lipinski definition) is 2. The largest absolute Gasteiger partial charge is 0.374 e.